The first-order chi connectivity index (χ1) is 13.3. The largest absolute Gasteiger partial charge is 0.416 e. The Hall–Kier alpha value is -2.83. The molecule has 4 rings (SSSR count). The van der Waals surface area contributed by atoms with Crippen molar-refractivity contribution in [1.82, 2.24) is 9.47 Å². The third kappa shape index (κ3) is 3.61. The first kappa shape index (κ1) is 18.5. The van der Waals surface area contributed by atoms with Crippen molar-refractivity contribution in [2.24, 2.45) is 5.92 Å². The molecule has 2 aromatic rings. The van der Waals surface area contributed by atoms with Crippen LogP contribution in [0.4, 0.5) is 13.2 Å². The van der Waals surface area contributed by atoms with Gasteiger partial charge in [-0.25, -0.2) is 0 Å². The molecule has 0 saturated carbocycles. The topological polar surface area (TPSA) is 42.3 Å². The zero-order chi connectivity index (χ0) is 19.9. The number of benzene rings is 1. The Kier molecular flexibility index (Phi) is 4.61. The number of carbonyl (C=O) groups is 1. The highest BCUT2D eigenvalue weighted by Gasteiger charge is 2.35. The standard InChI is InChI=1S/C21H19F3N2O2/c22-21(23,24)17-4-1-3-14(10-17)7-8-19(27)25-11-15-9-16(13-25)18-5-2-6-20(28)26(18)12-15/h1-8,10,15-16H,9,11-13H2. The highest BCUT2D eigenvalue weighted by Crippen LogP contribution is 2.35. The Bertz CT molecular complexity index is 994. The summed E-state index contributed by atoms with van der Waals surface area (Å²) in [5, 5.41) is 0. The van der Waals surface area contributed by atoms with Crippen molar-refractivity contribution >= 4 is 12.0 Å². The van der Waals surface area contributed by atoms with Gasteiger partial charge in [0.25, 0.3) is 5.56 Å². The number of carbonyl (C=O) groups excluding carboxylic acids is 1. The Labute approximate surface area is 159 Å². The van der Waals surface area contributed by atoms with Crippen LogP contribution in [0.15, 0.2) is 53.3 Å². The summed E-state index contributed by atoms with van der Waals surface area (Å²) in [6.45, 7) is 1.64. The first-order valence-electron chi connectivity index (χ1n) is 9.15. The molecule has 146 valence electrons. The van der Waals surface area contributed by atoms with E-state index in [4.69, 9.17) is 0 Å². The van der Waals surface area contributed by atoms with Gasteiger partial charge in [0.15, 0.2) is 0 Å². The van der Waals surface area contributed by atoms with Gasteiger partial charge in [-0.1, -0.05) is 18.2 Å². The molecule has 0 radical (unpaired) electrons. The fourth-order valence-corrected chi connectivity index (χ4v) is 4.17. The van der Waals surface area contributed by atoms with Crippen LogP contribution in [0.25, 0.3) is 6.08 Å². The number of amides is 1. The normalized spacial score (nSPS) is 21.6. The van der Waals surface area contributed by atoms with Crippen LogP contribution in [0.5, 0.6) is 0 Å². The van der Waals surface area contributed by atoms with Crippen LogP contribution in [-0.4, -0.2) is 28.5 Å². The third-order valence-corrected chi connectivity index (χ3v) is 5.42. The third-order valence-electron chi connectivity index (χ3n) is 5.42. The van der Waals surface area contributed by atoms with Crippen LogP contribution in [0, 0.1) is 5.92 Å². The molecular weight excluding hydrogens is 369 g/mol. The second-order valence-corrected chi connectivity index (χ2v) is 7.40. The monoisotopic (exact) mass is 388 g/mol. The number of alkyl halides is 3. The lowest BCUT2D eigenvalue weighted by Crippen LogP contribution is -2.48. The maximum atomic E-state index is 12.8. The summed E-state index contributed by atoms with van der Waals surface area (Å²) in [5.41, 5.74) is 0.522. The minimum Gasteiger partial charge on any atom is -0.338 e. The molecule has 1 aromatic carbocycles. The van der Waals surface area contributed by atoms with Gasteiger partial charge >= 0.3 is 6.18 Å². The van der Waals surface area contributed by atoms with Gasteiger partial charge in [-0.3, -0.25) is 9.59 Å². The minimum absolute atomic E-state index is 0.0172. The zero-order valence-electron chi connectivity index (χ0n) is 15.0. The van der Waals surface area contributed by atoms with Crippen LogP contribution in [-0.2, 0) is 17.5 Å². The predicted octanol–water partition coefficient (Wildman–Crippen LogP) is 3.53. The van der Waals surface area contributed by atoms with Crippen LogP contribution in [0.1, 0.15) is 29.2 Å². The molecule has 3 heterocycles. The molecule has 0 N–H and O–H groups in total. The summed E-state index contributed by atoms with van der Waals surface area (Å²) in [4.78, 5) is 26.4. The molecule has 2 aliphatic heterocycles. The molecule has 2 atom stereocenters. The number of hydrogen-bond donors (Lipinski definition) is 0. The summed E-state index contributed by atoms with van der Waals surface area (Å²) in [6, 6.07) is 10.1. The van der Waals surface area contributed by atoms with Crippen molar-refractivity contribution in [2.45, 2.75) is 25.1 Å². The van der Waals surface area contributed by atoms with Crippen molar-refractivity contribution in [1.29, 1.82) is 0 Å². The average Bonchev–Trinajstić information content (AvgIpc) is 2.66. The second kappa shape index (κ2) is 6.96. The van der Waals surface area contributed by atoms with E-state index < -0.39 is 11.7 Å². The van der Waals surface area contributed by atoms with Gasteiger partial charge in [0.1, 0.15) is 0 Å². The predicted molar refractivity (Wildman–Crippen MR) is 98.6 cm³/mol. The molecule has 1 saturated heterocycles. The van der Waals surface area contributed by atoms with E-state index in [1.807, 2.05) is 6.07 Å². The number of fused-ring (bicyclic) bond motifs is 4. The lowest BCUT2D eigenvalue weighted by Gasteiger charge is -2.42. The van der Waals surface area contributed by atoms with E-state index in [-0.39, 0.29) is 23.3 Å². The van der Waals surface area contributed by atoms with Gasteiger partial charge in [-0.15, -0.1) is 0 Å². The molecule has 2 bridgehead atoms. The van der Waals surface area contributed by atoms with Crippen molar-refractivity contribution in [2.75, 3.05) is 13.1 Å². The molecule has 1 aromatic heterocycles. The Morgan fingerprint density at radius 1 is 1.07 bits per heavy atom. The van der Waals surface area contributed by atoms with Gasteiger partial charge in [-0.2, -0.15) is 13.2 Å². The molecule has 1 amide bonds. The van der Waals surface area contributed by atoms with E-state index >= 15 is 0 Å². The summed E-state index contributed by atoms with van der Waals surface area (Å²) < 4.78 is 40.2. The van der Waals surface area contributed by atoms with E-state index in [1.54, 1.807) is 21.6 Å². The van der Waals surface area contributed by atoms with Gasteiger partial charge in [0, 0.05) is 43.4 Å². The molecule has 7 heteroatoms. The van der Waals surface area contributed by atoms with Crippen LogP contribution >= 0.6 is 0 Å². The quantitative estimate of drug-likeness (QED) is 0.739. The number of hydrogen-bond acceptors (Lipinski definition) is 2. The lowest BCUT2D eigenvalue weighted by molar-refractivity contribution is -0.137. The lowest BCUT2D eigenvalue weighted by atomic mass is 9.83. The van der Waals surface area contributed by atoms with Crippen molar-refractivity contribution < 1.29 is 18.0 Å². The molecule has 4 nitrogen and oxygen atoms in total. The smallest absolute Gasteiger partial charge is 0.338 e. The molecule has 1 fully saturated rings. The van der Waals surface area contributed by atoms with E-state index in [9.17, 15) is 22.8 Å². The molecule has 2 aliphatic rings. The summed E-state index contributed by atoms with van der Waals surface area (Å²) in [5.74, 6) is 0.0865. The number of piperidine rings is 1. The van der Waals surface area contributed by atoms with E-state index in [1.165, 1.54) is 24.3 Å². The van der Waals surface area contributed by atoms with Crippen LogP contribution in [0.2, 0.25) is 0 Å². The van der Waals surface area contributed by atoms with Crippen molar-refractivity contribution in [3.8, 4) is 0 Å². The number of nitrogens with zero attached hydrogens (tertiary/aromatic N) is 2. The van der Waals surface area contributed by atoms with E-state index in [0.29, 0.717) is 25.2 Å². The average molecular weight is 388 g/mol. The summed E-state index contributed by atoms with van der Waals surface area (Å²) in [6.07, 6.45) is -0.733. The fourth-order valence-electron chi connectivity index (χ4n) is 4.17. The number of likely N-dealkylation sites (tertiary alicyclic amines) is 1. The van der Waals surface area contributed by atoms with Crippen LogP contribution in [0.3, 0.4) is 0 Å². The van der Waals surface area contributed by atoms with Crippen molar-refractivity contribution in [3.05, 3.63) is 75.7 Å². The molecule has 0 aliphatic carbocycles. The number of rotatable bonds is 2. The highest BCUT2D eigenvalue weighted by molar-refractivity contribution is 5.92. The van der Waals surface area contributed by atoms with Crippen molar-refractivity contribution in [3.63, 3.8) is 0 Å². The molecule has 2 unspecified atom stereocenters. The maximum absolute atomic E-state index is 12.8. The van der Waals surface area contributed by atoms with Gasteiger partial charge in [0.2, 0.25) is 5.91 Å². The van der Waals surface area contributed by atoms with E-state index in [0.717, 1.165) is 24.2 Å². The number of aromatic nitrogens is 1. The Morgan fingerprint density at radius 3 is 2.64 bits per heavy atom. The number of halogens is 3. The summed E-state index contributed by atoms with van der Waals surface area (Å²) >= 11 is 0. The zero-order valence-corrected chi connectivity index (χ0v) is 15.0. The fraction of sp³-hybridized carbons (Fsp3) is 0.333. The SMILES string of the molecule is O=C(C=Cc1cccc(C(F)(F)F)c1)N1CC2CC(C1)c1cccc(=O)n1C2. The van der Waals surface area contributed by atoms with Crippen LogP contribution < -0.4 is 5.56 Å². The minimum atomic E-state index is -4.41. The van der Waals surface area contributed by atoms with Gasteiger partial charge in [0.05, 0.1) is 5.56 Å². The maximum Gasteiger partial charge on any atom is 0.416 e. The number of pyridine rings is 1. The summed E-state index contributed by atoms with van der Waals surface area (Å²) in [7, 11) is 0. The molecule has 28 heavy (non-hydrogen) atoms. The highest BCUT2D eigenvalue weighted by atomic mass is 19.4. The molecular formula is C21H19F3N2O2. The van der Waals surface area contributed by atoms with Gasteiger partial charge < -0.3 is 9.47 Å². The van der Waals surface area contributed by atoms with Gasteiger partial charge in [-0.05, 0) is 42.2 Å². The Balaban J connectivity index is 1.50. The first-order valence-corrected chi connectivity index (χ1v) is 9.15. The Morgan fingerprint density at radius 2 is 1.86 bits per heavy atom. The van der Waals surface area contributed by atoms with E-state index in [2.05, 4.69) is 0 Å². The second-order valence-electron chi connectivity index (χ2n) is 7.40. The molecule has 0 spiro atoms.